The van der Waals surface area contributed by atoms with Crippen LogP contribution in [0.15, 0.2) is 48.5 Å². The first-order chi connectivity index (χ1) is 16.1. The van der Waals surface area contributed by atoms with Crippen molar-refractivity contribution in [3.05, 3.63) is 65.4 Å². The van der Waals surface area contributed by atoms with Crippen molar-refractivity contribution in [2.24, 2.45) is 0 Å². The number of aromatic amines is 1. The van der Waals surface area contributed by atoms with Crippen molar-refractivity contribution < 1.29 is 22.7 Å². The van der Waals surface area contributed by atoms with Crippen LogP contribution < -0.4 is 5.73 Å². The van der Waals surface area contributed by atoms with Crippen LogP contribution in [0, 0.1) is 0 Å². The maximum absolute atomic E-state index is 11.9. The smallest absolute Gasteiger partial charge is 0.416 e. The molecule has 2 heterocycles. The van der Waals surface area contributed by atoms with E-state index in [1.54, 1.807) is 0 Å². The number of H-pyrrole nitrogens is 1. The summed E-state index contributed by atoms with van der Waals surface area (Å²) >= 11 is 0. The highest BCUT2D eigenvalue weighted by Gasteiger charge is 2.30. The molecule has 1 saturated heterocycles. The van der Waals surface area contributed by atoms with E-state index in [9.17, 15) is 18.0 Å². The molecule has 4 rings (SSSR count). The van der Waals surface area contributed by atoms with Crippen molar-refractivity contribution in [2.45, 2.75) is 51.7 Å². The lowest BCUT2D eigenvalue weighted by Crippen LogP contribution is -2.37. The van der Waals surface area contributed by atoms with E-state index in [2.05, 4.69) is 41.9 Å². The van der Waals surface area contributed by atoms with Crippen LogP contribution in [-0.2, 0) is 10.9 Å². The molecule has 34 heavy (non-hydrogen) atoms. The first kappa shape index (κ1) is 25.6. The molecule has 0 unspecified atom stereocenters. The Kier molecular flexibility index (Phi) is 8.25. The predicted octanol–water partition coefficient (Wildman–Crippen LogP) is 6.22. The van der Waals surface area contributed by atoms with Crippen molar-refractivity contribution >= 4 is 22.6 Å². The van der Waals surface area contributed by atoms with Gasteiger partial charge in [-0.2, -0.15) is 13.2 Å². The molecule has 1 fully saturated rings. The van der Waals surface area contributed by atoms with E-state index in [4.69, 9.17) is 10.5 Å². The number of hydrogen-bond donors (Lipinski definition) is 2. The first-order valence-electron chi connectivity index (χ1n) is 11.5. The van der Waals surface area contributed by atoms with Gasteiger partial charge in [0.05, 0.1) is 12.2 Å². The first-order valence-corrected chi connectivity index (χ1v) is 11.5. The number of hydrogen-bond acceptors (Lipinski definition) is 4. The van der Waals surface area contributed by atoms with Crippen LogP contribution in [0.3, 0.4) is 0 Å². The molecule has 0 spiro atoms. The number of nitrogen functional groups attached to an aromatic ring is 1. The molecule has 1 aliphatic heterocycles. The lowest BCUT2D eigenvalue weighted by Gasteiger charge is -2.34. The number of rotatable bonds is 4. The van der Waals surface area contributed by atoms with Crippen LogP contribution >= 0.6 is 0 Å². The average Bonchev–Trinajstić information content (AvgIpc) is 3.23. The number of aromatic nitrogens is 1. The van der Waals surface area contributed by atoms with Crippen molar-refractivity contribution in [2.75, 3.05) is 25.4 Å². The molecule has 3 N–H and O–H groups in total. The van der Waals surface area contributed by atoms with E-state index in [0.29, 0.717) is 24.3 Å². The largest absolute Gasteiger partial charge is 0.461 e. The molecule has 2 aromatic carbocycles. The number of benzene rings is 2. The summed E-state index contributed by atoms with van der Waals surface area (Å²) in [6.07, 6.45) is -1.88. The van der Waals surface area contributed by atoms with Gasteiger partial charge in [0.2, 0.25) is 0 Å². The molecule has 0 amide bonds. The zero-order valence-corrected chi connectivity index (χ0v) is 19.8. The third-order valence-electron chi connectivity index (χ3n) is 6.09. The zero-order chi connectivity index (χ0) is 24.9. The number of carbonyl (C=O) groups is 1. The second-order valence-electron chi connectivity index (χ2n) is 8.78. The van der Waals surface area contributed by atoms with Gasteiger partial charge in [0.15, 0.2) is 0 Å². The number of alkyl halides is 3. The van der Waals surface area contributed by atoms with E-state index >= 15 is 0 Å². The van der Waals surface area contributed by atoms with Crippen LogP contribution in [0.2, 0.25) is 0 Å². The van der Waals surface area contributed by atoms with Crippen molar-refractivity contribution in [1.82, 2.24) is 9.88 Å². The summed E-state index contributed by atoms with van der Waals surface area (Å²) in [5, 5.41) is 1.09. The van der Waals surface area contributed by atoms with E-state index in [1.807, 2.05) is 13.0 Å². The number of esters is 1. The minimum Gasteiger partial charge on any atom is -0.461 e. The second kappa shape index (κ2) is 11.0. The molecule has 184 valence electrons. The highest BCUT2D eigenvalue weighted by molar-refractivity contribution is 5.95. The SMILES string of the molecule is CCOC(=O)c1cc2cc(C3CCN(C(C)C)CC3)ccc2[nH]1.Nc1cccc(C(F)(F)F)c1. The van der Waals surface area contributed by atoms with Gasteiger partial charge in [0, 0.05) is 22.6 Å². The van der Waals surface area contributed by atoms with Gasteiger partial charge in [-0.15, -0.1) is 0 Å². The number of piperidine rings is 1. The fourth-order valence-corrected chi connectivity index (χ4v) is 4.19. The van der Waals surface area contributed by atoms with Gasteiger partial charge >= 0.3 is 12.1 Å². The standard InChI is InChI=1S/C19H26N2O2.C7H6F3N/c1-4-23-19(22)18-12-16-11-15(5-6-17(16)20-18)14-7-9-21(10-8-14)13(2)3;8-7(9,10)5-2-1-3-6(11)4-5/h5-6,11-14,20H,4,7-10H2,1-3H3;1-4H,11H2. The number of carbonyl (C=O) groups excluding carboxylic acids is 1. The maximum atomic E-state index is 11.9. The van der Waals surface area contributed by atoms with Crippen LogP contribution in [-0.4, -0.2) is 41.6 Å². The third kappa shape index (κ3) is 6.53. The molecule has 3 aromatic rings. The summed E-state index contributed by atoms with van der Waals surface area (Å²) in [6.45, 7) is 9.09. The Morgan fingerprint density at radius 1 is 1.15 bits per heavy atom. The lowest BCUT2D eigenvalue weighted by molar-refractivity contribution is -0.137. The zero-order valence-electron chi connectivity index (χ0n) is 19.8. The molecular weight excluding hydrogens is 443 g/mol. The number of nitrogens with two attached hydrogens (primary N) is 1. The van der Waals surface area contributed by atoms with Crippen molar-refractivity contribution in [3.63, 3.8) is 0 Å². The molecule has 0 aliphatic carbocycles. The Balaban J connectivity index is 0.000000248. The highest BCUT2D eigenvalue weighted by atomic mass is 19.4. The summed E-state index contributed by atoms with van der Waals surface area (Å²) in [5.74, 6) is 0.339. The average molecular weight is 476 g/mol. The van der Waals surface area contributed by atoms with Crippen molar-refractivity contribution in [3.8, 4) is 0 Å². The number of nitrogens with zero attached hydrogens (tertiary/aromatic N) is 1. The highest BCUT2D eigenvalue weighted by Crippen LogP contribution is 2.31. The number of nitrogens with one attached hydrogen (secondary N) is 1. The van der Waals surface area contributed by atoms with E-state index in [-0.39, 0.29) is 11.7 Å². The van der Waals surface area contributed by atoms with Crippen LogP contribution in [0.4, 0.5) is 18.9 Å². The van der Waals surface area contributed by atoms with Crippen LogP contribution in [0.1, 0.15) is 61.1 Å². The van der Waals surface area contributed by atoms with Gasteiger partial charge in [-0.1, -0.05) is 12.1 Å². The van der Waals surface area contributed by atoms with Crippen LogP contribution in [0.5, 0.6) is 0 Å². The number of halogens is 3. The topological polar surface area (TPSA) is 71.3 Å². The molecule has 8 heteroatoms. The molecule has 0 bridgehead atoms. The summed E-state index contributed by atoms with van der Waals surface area (Å²) in [6, 6.07) is 13.6. The van der Waals surface area contributed by atoms with Gasteiger partial charge in [-0.25, -0.2) is 4.79 Å². The maximum Gasteiger partial charge on any atom is 0.416 e. The van der Waals surface area contributed by atoms with Crippen LogP contribution in [0.25, 0.3) is 10.9 Å². The van der Waals surface area contributed by atoms with E-state index in [1.165, 1.54) is 43.6 Å². The summed E-state index contributed by atoms with van der Waals surface area (Å²) in [7, 11) is 0. The Morgan fingerprint density at radius 3 is 2.41 bits per heavy atom. The third-order valence-corrected chi connectivity index (χ3v) is 6.09. The number of likely N-dealkylation sites (tertiary alicyclic amines) is 1. The number of anilines is 1. The normalized spacial score (nSPS) is 15.3. The summed E-state index contributed by atoms with van der Waals surface area (Å²) < 4.78 is 40.8. The van der Waals surface area contributed by atoms with E-state index in [0.717, 1.165) is 23.0 Å². The predicted molar refractivity (Wildman–Crippen MR) is 129 cm³/mol. The quantitative estimate of drug-likeness (QED) is 0.347. The molecule has 0 saturated carbocycles. The monoisotopic (exact) mass is 475 g/mol. The fourth-order valence-electron chi connectivity index (χ4n) is 4.19. The fraction of sp³-hybridized carbons (Fsp3) is 0.423. The Bertz CT molecular complexity index is 1100. The Labute approximate surface area is 198 Å². The summed E-state index contributed by atoms with van der Waals surface area (Å²) in [5.41, 5.74) is 7.49. The number of ether oxygens (including phenoxy) is 1. The van der Waals surface area contributed by atoms with Gasteiger partial charge in [-0.05, 0) is 94.6 Å². The molecule has 1 aliphatic rings. The molecular formula is C26H32F3N3O2. The van der Waals surface area contributed by atoms with Crippen molar-refractivity contribution in [1.29, 1.82) is 0 Å². The molecule has 1 aromatic heterocycles. The Hall–Kier alpha value is -3.00. The second-order valence-corrected chi connectivity index (χ2v) is 8.78. The molecule has 0 radical (unpaired) electrons. The van der Waals surface area contributed by atoms with E-state index < -0.39 is 11.7 Å². The van der Waals surface area contributed by atoms with Gasteiger partial charge < -0.3 is 20.4 Å². The summed E-state index contributed by atoms with van der Waals surface area (Å²) in [4.78, 5) is 17.5. The van der Waals surface area contributed by atoms with Gasteiger partial charge in [-0.3, -0.25) is 0 Å². The lowest BCUT2D eigenvalue weighted by atomic mass is 9.88. The van der Waals surface area contributed by atoms with Gasteiger partial charge in [0.25, 0.3) is 0 Å². The Morgan fingerprint density at radius 2 is 1.85 bits per heavy atom. The minimum absolute atomic E-state index is 0.125. The molecule has 5 nitrogen and oxygen atoms in total. The van der Waals surface area contributed by atoms with Gasteiger partial charge in [0.1, 0.15) is 5.69 Å². The number of fused-ring (bicyclic) bond motifs is 1. The minimum atomic E-state index is -4.30. The molecule has 0 atom stereocenters.